The molecule has 0 aliphatic carbocycles. The molecule has 0 radical (unpaired) electrons. The quantitative estimate of drug-likeness (QED) is 0.777. The molecule has 0 amide bonds. The standard InChI is InChI=1S/C15H15NO2.ClH/c16-14(15(17)18)10-11-6-8-13(9-7-11)12-4-2-1-3-5-12;/h1-9,14H,10,16H2,(H,17,18);1H/p-1. The molecule has 1 unspecified atom stereocenters. The summed E-state index contributed by atoms with van der Waals surface area (Å²) in [5.74, 6) is -0.970. The Bertz CT molecular complexity index is 526. The minimum Gasteiger partial charge on any atom is -1.00 e. The fraction of sp³-hybridized carbons (Fsp3) is 0.133. The van der Waals surface area contributed by atoms with Crippen LogP contribution in [0.4, 0.5) is 0 Å². The summed E-state index contributed by atoms with van der Waals surface area (Å²) in [6.45, 7) is 0. The van der Waals surface area contributed by atoms with Gasteiger partial charge in [0.05, 0.1) is 0 Å². The van der Waals surface area contributed by atoms with Gasteiger partial charge in [0.25, 0.3) is 0 Å². The van der Waals surface area contributed by atoms with E-state index in [0.717, 1.165) is 16.7 Å². The van der Waals surface area contributed by atoms with Crippen molar-refractivity contribution in [2.75, 3.05) is 0 Å². The van der Waals surface area contributed by atoms with Gasteiger partial charge in [-0.3, -0.25) is 4.79 Å². The lowest BCUT2D eigenvalue weighted by molar-refractivity contribution is -0.138. The summed E-state index contributed by atoms with van der Waals surface area (Å²) in [5, 5.41) is 8.75. The number of aliphatic carboxylic acids is 1. The summed E-state index contributed by atoms with van der Waals surface area (Å²) in [5.41, 5.74) is 8.69. The molecule has 0 saturated carbocycles. The number of carboxylic acids is 1. The molecule has 2 rings (SSSR count). The van der Waals surface area contributed by atoms with Gasteiger partial charge in [-0.05, 0) is 23.1 Å². The third kappa shape index (κ3) is 4.09. The molecule has 19 heavy (non-hydrogen) atoms. The Labute approximate surface area is 118 Å². The highest BCUT2D eigenvalue weighted by molar-refractivity contribution is 5.73. The maximum atomic E-state index is 10.7. The van der Waals surface area contributed by atoms with Gasteiger partial charge in [0.2, 0.25) is 0 Å². The van der Waals surface area contributed by atoms with Crippen LogP contribution >= 0.6 is 0 Å². The molecule has 0 aromatic heterocycles. The van der Waals surface area contributed by atoms with E-state index in [0.29, 0.717) is 6.42 Å². The van der Waals surface area contributed by atoms with Gasteiger partial charge in [-0.25, -0.2) is 0 Å². The van der Waals surface area contributed by atoms with Gasteiger partial charge in [-0.1, -0.05) is 54.6 Å². The number of hydrogen-bond acceptors (Lipinski definition) is 2. The lowest BCUT2D eigenvalue weighted by Crippen LogP contribution is -3.00. The van der Waals surface area contributed by atoms with Crippen molar-refractivity contribution in [2.24, 2.45) is 5.73 Å². The summed E-state index contributed by atoms with van der Waals surface area (Å²) in [6, 6.07) is 17.0. The fourth-order valence-corrected chi connectivity index (χ4v) is 1.81. The van der Waals surface area contributed by atoms with Crippen molar-refractivity contribution < 1.29 is 22.3 Å². The minimum atomic E-state index is -0.970. The molecule has 2 aromatic rings. The Morgan fingerprint density at radius 2 is 1.53 bits per heavy atom. The number of halogens is 1. The second-order valence-corrected chi connectivity index (χ2v) is 4.21. The second kappa shape index (κ2) is 6.92. The number of hydrogen-bond donors (Lipinski definition) is 2. The van der Waals surface area contributed by atoms with Crippen LogP contribution < -0.4 is 18.1 Å². The van der Waals surface area contributed by atoms with Crippen LogP contribution in [0.2, 0.25) is 0 Å². The highest BCUT2D eigenvalue weighted by Gasteiger charge is 2.11. The van der Waals surface area contributed by atoms with Gasteiger partial charge in [-0.2, -0.15) is 0 Å². The Kier molecular flexibility index (Phi) is 5.55. The third-order valence-corrected chi connectivity index (χ3v) is 2.83. The largest absolute Gasteiger partial charge is 1.00 e. The van der Waals surface area contributed by atoms with E-state index in [2.05, 4.69) is 0 Å². The average molecular weight is 277 g/mol. The molecule has 3 nitrogen and oxygen atoms in total. The first-order chi connectivity index (χ1) is 8.66. The number of benzene rings is 2. The van der Waals surface area contributed by atoms with Gasteiger partial charge in [-0.15, -0.1) is 0 Å². The van der Waals surface area contributed by atoms with E-state index in [9.17, 15) is 4.79 Å². The average Bonchev–Trinajstić information content (AvgIpc) is 2.40. The van der Waals surface area contributed by atoms with Crippen LogP contribution in [-0.2, 0) is 11.2 Å². The van der Waals surface area contributed by atoms with Gasteiger partial charge < -0.3 is 23.2 Å². The molecule has 4 heteroatoms. The first kappa shape index (κ1) is 15.2. The van der Waals surface area contributed by atoms with E-state index >= 15 is 0 Å². The van der Waals surface area contributed by atoms with Crippen molar-refractivity contribution >= 4 is 5.97 Å². The summed E-state index contributed by atoms with van der Waals surface area (Å²) in [4.78, 5) is 10.7. The maximum absolute atomic E-state index is 10.7. The second-order valence-electron chi connectivity index (χ2n) is 4.21. The van der Waals surface area contributed by atoms with E-state index in [1.807, 2.05) is 54.6 Å². The fourth-order valence-electron chi connectivity index (χ4n) is 1.81. The first-order valence-electron chi connectivity index (χ1n) is 5.79. The molecule has 0 bridgehead atoms. The Balaban J connectivity index is 0.00000180. The van der Waals surface area contributed by atoms with Crippen LogP contribution in [-0.4, -0.2) is 17.1 Å². The zero-order valence-corrected chi connectivity index (χ0v) is 11.0. The van der Waals surface area contributed by atoms with Crippen LogP contribution in [0.3, 0.4) is 0 Å². The lowest BCUT2D eigenvalue weighted by atomic mass is 10.0. The molecule has 2 aromatic carbocycles. The third-order valence-electron chi connectivity index (χ3n) is 2.83. The predicted molar refractivity (Wildman–Crippen MR) is 71.2 cm³/mol. The molecule has 0 aliphatic rings. The normalized spacial score (nSPS) is 11.4. The van der Waals surface area contributed by atoms with Crippen molar-refractivity contribution in [3.05, 3.63) is 60.2 Å². The zero-order chi connectivity index (χ0) is 13.0. The minimum absolute atomic E-state index is 0. The summed E-state index contributed by atoms with van der Waals surface area (Å²) in [6.07, 6.45) is 0.352. The van der Waals surface area contributed by atoms with E-state index in [1.165, 1.54) is 0 Å². The summed E-state index contributed by atoms with van der Waals surface area (Å²) >= 11 is 0. The molecule has 0 saturated heterocycles. The van der Waals surface area contributed by atoms with Gasteiger partial charge in [0, 0.05) is 0 Å². The van der Waals surface area contributed by atoms with E-state index < -0.39 is 12.0 Å². The van der Waals surface area contributed by atoms with Crippen LogP contribution in [0, 0.1) is 0 Å². The van der Waals surface area contributed by atoms with Crippen LogP contribution in [0.1, 0.15) is 5.56 Å². The van der Waals surface area contributed by atoms with Crippen LogP contribution in [0.15, 0.2) is 54.6 Å². The highest BCUT2D eigenvalue weighted by Crippen LogP contribution is 2.19. The van der Waals surface area contributed by atoms with Gasteiger partial charge in [0.15, 0.2) is 0 Å². The Hall–Kier alpha value is -1.84. The smallest absolute Gasteiger partial charge is 0.320 e. The van der Waals surface area contributed by atoms with Crippen molar-refractivity contribution in [1.82, 2.24) is 0 Å². The van der Waals surface area contributed by atoms with Crippen molar-refractivity contribution in [1.29, 1.82) is 0 Å². The Morgan fingerprint density at radius 3 is 2.05 bits per heavy atom. The van der Waals surface area contributed by atoms with Crippen LogP contribution in [0.25, 0.3) is 11.1 Å². The van der Waals surface area contributed by atoms with Crippen molar-refractivity contribution in [3.8, 4) is 11.1 Å². The number of nitrogens with two attached hydrogens (primary N) is 1. The molecular formula is C15H15ClNO2-. The van der Waals surface area contributed by atoms with E-state index in [4.69, 9.17) is 10.8 Å². The molecule has 0 aliphatic heterocycles. The monoisotopic (exact) mass is 276 g/mol. The topological polar surface area (TPSA) is 63.3 Å². The molecule has 3 N–H and O–H groups in total. The number of carboxylic acid groups (broad SMARTS) is 1. The van der Waals surface area contributed by atoms with E-state index in [-0.39, 0.29) is 12.4 Å². The van der Waals surface area contributed by atoms with Crippen molar-refractivity contribution in [2.45, 2.75) is 12.5 Å². The number of carbonyl (C=O) groups is 1. The maximum Gasteiger partial charge on any atom is 0.320 e. The van der Waals surface area contributed by atoms with E-state index in [1.54, 1.807) is 0 Å². The molecule has 100 valence electrons. The first-order valence-corrected chi connectivity index (χ1v) is 5.79. The molecule has 1 atom stereocenters. The molecule has 0 heterocycles. The van der Waals surface area contributed by atoms with Crippen molar-refractivity contribution in [3.63, 3.8) is 0 Å². The zero-order valence-electron chi connectivity index (χ0n) is 10.3. The predicted octanol–water partition coefficient (Wildman–Crippen LogP) is -0.688. The summed E-state index contributed by atoms with van der Waals surface area (Å²) in [7, 11) is 0. The van der Waals surface area contributed by atoms with Crippen LogP contribution in [0.5, 0.6) is 0 Å². The SMILES string of the molecule is NC(Cc1ccc(-c2ccccc2)cc1)C(=O)O.[Cl-]. The highest BCUT2D eigenvalue weighted by atomic mass is 35.5. The Morgan fingerprint density at radius 1 is 1.00 bits per heavy atom. The molecular weight excluding hydrogens is 262 g/mol. The van der Waals surface area contributed by atoms with Gasteiger partial charge >= 0.3 is 5.97 Å². The molecule has 0 spiro atoms. The lowest BCUT2D eigenvalue weighted by Gasteiger charge is -2.07. The van der Waals surface area contributed by atoms with Gasteiger partial charge in [0.1, 0.15) is 6.04 Å². The number of rotatable bonds is 4. The molecule has 0 fully saturated rings. The summed E-state index contributed by atoms with van der Waals surface area (Å²) < 4.78 is 0.